The van der Waals surface area contributed by atoms with Crippen molar-refractivity contribution >= 4 is 11.6 Å². The Hall–Kier alpha value is -2.56. The minimum absolute atomic E-state index is 0.0495. The Morgan fingerprint density at radius 2 is 2.00 bits per heavy atom. The number of ether oxygens (including phenoxy) is 1. The van der Waals surface area contributed by atoms with Crippen LogP contribution < -0.4 is 10.5 Å². The number of hydrogen-bond donors (Lipinski definition) is 1. The number of para-hydroxylation sites is 1. The van der Waals surface area contributed by atoms with Gasteiger partial charge in [-0.05, 0) is 29.8 Å². The minimum Gasteiger partial charge on any atom is -0.494 e. The first-order chi connectivity index (χ1) is 10.0. The second kappa shape index (κ2) is 6.26. The van der Waals surface area contributed by atoms with Gasteiger partial charge in [-0.1, -0.05) is 18.2 Å². The molecule has 1 amide bonds. The largest absolute Gasteiger partial charge is 0.494 e. The highest BCUT2D eigenvalue weighted by Crippen LogP contribution is 2.20. The van der Waals surface area contributed by atoms with E-state index in [-0.39, 0.29) is 11.7 Å². The van der Waals surface area contributed by atoms with Crippen LogP contribution in [0.3, 0.4) is 0 Å². The Kier molecular flexibility index (Phi) is 4.42. The van der Waals surface area contributed by atoms with Gasteiger partial charge in [0.05, 0.1) is 7.11 Å². The van der Waals surface area contributed by atoms with Crippen molar-refractivity contribution in [1.29, 1.82) is 0 Å². The first-order valence-electron chi connectivity index (χ1n) is 6.45. The van der Waals surface area contributed by atoms with Crippen LogP contribution in [0.5, 0.6) is 5.75 Å². The van der Waals surface area contributed by atoms with E-state index in [1.807, 2.05) is 18.2 Å². The topological polar surface area (TPSA) is 55.6 Å². The van der Waals surface area contributed by atoms with Crippen LogP contribution in [0.4, 0.5) is 10.1 Å². The number of carbonyl (C=O) groups excluding carboxylic acids is 1. The van der Waals surface area contributed by atoms with Crippen molar-refractivity contribution in [3.8, 4) is 5.75 Å². The van der Waals surface area contributed by atoms with Crippen molar-refractivity contribution in [3.63, 3.8) is 0 Å². The molecule has 0 aliphatic carbocycles. The van der Waals surface area contributed by atoms with Crippen LogP contribution in [0.15, 0.2) is 42.5 Å². The second-order valence-corrected chi connectivity index (χ2v) is 4.71. The molecular formula is C16H17FN2O2. The Morgan fingerprint density at radius 3 is 2.67 bits per heavy atom. The molecule has 0 aliphatic rings. The van der Waals surface area contributed by atoms with Crippen LogP contribution >= 0.6 is 0 Å². The number of rotatable bonds is 4. The maximum Gasteiger partial charge on any atom is 0.254 e. The molecule has 110 valence electrons. The summed E-state index contributed by atoms with van der Waals surface area (Å²) >= 11 is 0. The smallest absolute Gasteiger partial charge is 0.254 e. The number of halogens is 1. The lowest BCUT2D eigenvalue weighted by Gasteiger charge is -2.18. The lowest BCUT2D eigenvalue weighted by molar-refractivity contribution is 0.0785. The van der Waals surface area contributed by atoms with Gasteiger partial charge in [-0.3, -0.25) is 4.79 Å². The second-order valence-electron chi connectivity index (χ2n) is 4.71. The fourth-order valence-corrected chi connectivity index (χ4v) is 2.02. The number of nitrogens with zero attached hydrogens (tertiary/aromatic N) is 1. The molecule has 2 aromatic carbocycles. The average Bonchev–Trinajstić information content (AvgIpc) is 2.49. The van der Waals surface area contributed by atoms with Crippen molar-refractivity contribution < 1.29 is 13.9 Å². The molecule has 0 atom stereocenters. The normalized spacial score (nSPS) is 10.2. The Morgan fingerprint density at radius 1 is 1.29 bits per heavy atom. The zero-order valence-corrected chi connectivity index (χ0v) is 12.0. The molecule has 5 heteroatoms. The van der Waals surface area contributed by atoms with Gasteiger partial charge in [0.2, 0.25) is 0 Å². The van der Waals surface area contributed by atoms with Crippen molar-refractivity contribution in [3.05, 3.63) is 59.4 Å². The van der Waals surface area contributed by atoms with E-state index in [1.165, 1.54) is 30.2 Å². The molecule has 0 saturated heterocycles. The Labute approximate surface area is 122 Å². The van der Waals surface area contributed by atoms with Crippen LogP contribution in [-0.2, 0) is 6.54 Å². The molecule has 0 heterocycles. The van der Waals surface area contributed by atoms with Crippen LogP contribution in [0, 0.1) is 5.82 Å². The highest BCUT2D eigenvalue weighted by Gasteiger charge is 2.15. The average molecular weight is 288 g/mol. The van der Waals surface area contributed by atoms with E-state index in [0.29, 0.717) is 17.8 Å². The van der Waals surface area contributed by atoms with Gasteiger partial charge >= 0.3 is 0 Å². The number of amides is 1. The van der Waals surface area contributed by atoms with E-state index in [9.17, 15) is 9.18 Å². The van der Waals surface area contributed by atoms with Crippen molar-refractivity contribution in [2.45, 2.75) is 6.54 Å². The molecule has 0 radical (unpaired) electrons. The minimum atomic E-state index is -0.496. The summed E-state index contributed by atoms with van der Waals surface area (Å²) in [5.74, 6) is -0.672. The molecule has 2 aromatic rings. The lowest BCUT2D eigenvalue weighted by Crippen LogP contribution is -2.26. The van der Waals surface area contributed by atoms with Gasteiger partial charge in [0, 0.05) is 24.8 Å². The predicted octanol–water partition coefficient (Wildman–Crippen LogP) is 2.69. The molecule has 0 aromatic heterocycles. The number of carbonyl (C=O) groups is 1. The quantitative estimate of drug-likeness (QED) is 0.880. The van der Waals surface area contributed by atoms with E-state index in [1.54, 1.807) is 13.1 Å². The van der Waals surface area contributed by atoms with Gasteiger partial charge in [-0.15, -0.1) is 0 Å². The molecule has 0 unspecified atom stereocenters. The van der Waals surface area contributed by atoms with E-state index in [0.717, 1.165) is 5.56 Å². The van der Waals surface area contributed by atoms with Crippen molar-refractivity contribution in [2.24, 2.45) is 0 Å². The van der Waals surface area contributed by atoms with E-state index < -0.39 is 5.82 Å². The van der Waals surface area contributed by atoms with Crippen LogP contribution in [0.25, 0.3) is 0 Å². The van der Waals surface area contributed by atoms with Crippen LogP contribution in [-0.4, -0.2) is 25.0 Å². The zero-order chi connectivity index (χ0) is 15.4. The maximum absolute atomic E-state index is 13.4. The van der Waals surface area contributed by atoms with Crippen molar-refractivity contribution in [2.75, 3.05) is 19.9 Å². The zero-order valence-electron chi connectivity index (χ0n) is 12.0. The molecule has 0 saturated carbocycles. The highest BCUT2D eigenvalue weighted by molar-refractivity contribution is 5.94. The third-order valence-electron chi connectivity index (χ3n) is 3.21. The molecule has 0 aliphatic heterocycles. The predicted molar refractivity (Wildman–Crippen MR) is 79.6 cm³/mol. The first kappa shape index (κ1) is 14.8. The highest BCUT2D eigenvalue weighted by atomic mass is 19.1. The van der Waals surface area contributed by atoms with Gasteiger partial charge in [0.25, 0.3) is 5.91 Å². The van der Waals surface area contributed by atoms with Gasteiger partial charge in [0.1, 0.15) is 0 Å². The van der Waals surface area contributed by atoms with Gasteiger partial charge in [-0.25, -0.2) is 4.39 Å². The van der Waals surface area contributed by atoms with E-state index >= 15 is 0 Å². The SMILES string of the molecule is COc1cc(C(=O)N(C)Cc2ccccc2N)ccc1F. The summed E-state index contributed by atoms with van der Waals surface area (Å²) in [6.07, 6.45) is 0. The first-order valence-corrected chi connectivity index (χ1v) is 6.45. The molecular weight excluding hydrogens is 271 g/mol. The van der Waals surface area contributed by atoms with E-state index in [4.69, 9.17) is 10.5 Å². The van der Waals surface area contributed by atoms with Gasteiger partial charge in [0.15, 0.2) is 11.6 Å². The summed E-state index contributed by atoms with van der Waals surface area (Å²) in [6, 6.07) is 11.4. The molecule has 0 fully saturated rings. The number of benzene rings is 2. The summed E-state index contributed by atoms with van der Waals surface area (Å²) in [4.78, 5) is 13.9. The monoisotopic (exact) mass is 288 g/mol. The van der Waals surface area contributed by atoms with Crippen LogP contribution in [0.2, 0.25) is 0 Å². The fourth-order valence-electron chi connectivity index (χ4n) is 2.02. The number of nitrogen functional groups attached to an aromatic ring is 1. The number of nitrogens with two attached hydrogens (primary N) is 1. The molecule has 0 spiro atoms. The molecule has 21 heavy (non-hydrogen) atoms. The third kappa shape index (κ3) is 3.31. The summed E-state index contributed by atoms with van der Waals surface area (Å²) in [5, 5.41) is 0. The molecule has 2 rings (SSSR count). The lowest BCUT2D eigenvalue weighted by atomic mass is 10.1. The molecule has 2 N–H and O–H groups in total. The van der Waals surface area contributed by atoms with Gasteiger partial charge in [-0.2, -0.15) is 0 Å². The maximum atomic E-state index is 13.4. The van der Waals surface area contributed by atoms with Crippen LogP contribution in [0.1, 0.15) is 15.9 Å². The third-order valence-corrected chi connectivity index (χ3v) is 3.21. The number of hydrogen-bond acceptors (Lipinski definition) is 3. The Bertz CT molecular complexity index is 658. The van der Waals surface area contributed by atoms with Gasteiger partial charge < -0.3 is 15.4 Å². The summed E-state index contributed by atoms with van der Waals surface area (Å²) in [6.45, 7) is 0.380. The molecule has 0 bridgehead atoms. The number of methoxy groups -OCH3 is 1. The molecule has 4 nitrogen and oxygen atoms in total. The standard InChI is InChI=1S/C16H17FN2O2/c1-19(10-12-5-3-4-6-14(12)18)16(20)11-7-8-13(17)15(9-11)21-2/h3-9H,10,18H2,1-2H3. The summed E-state index contributed by atoms with van der Waals surface area (Å²) in [7, 11) is 3.03. The summed E-state index contributed by atoms with van der Waals surface area (Å²) < 4.78 is 18.3. The summed E-state index contributed by atoms with van der Waals surface area (Å²) in [5.41, 5.74) is 7.73. The number of anilines is 1. The Balaban J connectivity index is 2.18. The fraction of sp³-hybridized carbons (Fsp3) is 0.188. The van der Waals surface area contributed by atoms with Crippen molar-refractivity contribution in [1.82, 2.24) is 4.90 Å². The van der Waals surface area contributed by atoms with E-state index in [2.05, 4.69) is 0 Å².